The number of ketones is 1. The fraction of sp³-hybridized carbons (Fsp3) is 0.389. The van der Waals surface area contributed by atoms with Crippen LogP contribution < -0.4 is 15.5 Å². The number of hydrogen-bond acceptors (Lipinski definition) is 13. The maximum atomic E-state index is 14.2. The number of benzene rings is 4. The first-order valence-electron chi connectivity index (χ1n) is 24.1. The number of likely N-dealkylation sites (tertiary alicyclic amines) is 1. The Morgan fingerprint density at radius 2 is 1.47 bits per heavy atom. The lowest BCUT2D eigenvalue weighted by molar-refractivity contribution is -0.144. The third-order valence-electron chi connectivity index (χ3n) is 14.0. The normalized spacial score (nSPS) is 18.8. The van der Waals surface area contributed by atoms with Gasteiger partial charge in [0.15, 0.2) is 5.78 Å². The molecule has 4 aromatic carbocycles. The van der Waals surface area contributed by atoms with Gasteiger partial charge in [0.1, 0.15) is 23.6 Å². The Bertz CT molecular complexity index is 2840. The molecule has 9 rings (SSSR count). The number of piperazine rings is 1. The molecule has 6 aromatic rings. The van der Waals surface area contributed by atoms with Gasteiger partial charge in [0, 0.05) is 96.6 Å². The topological polar surface area (TPSA) is 179 Å². The highest BCUT2D eigenvalue weighted by atomic mass is 32.1. The van der Waals surface area contributed by atoms with Crippen molar-refractivity contribution < 1.29 is 34.5 Å². The second kappa shape index (κ2) is 20.7. The number of hydrogen-bond donors (Lipinski definition) is 5. The Morgan fingerprint density at radius 1 is 0.814 bits per heavy atom. The molecule has 3 atom stereocenters. The number of thiophene rings is 1. The first-order chi connectivity index (χ1) is 33.6. The average Bonchev–Trinajstić information content (AvgIpc) is 4.08. The molecule has 5 N–H and O–H groups in total. The number of phenolic OH excluding ortho intramolecular Hbond substituents is 2. The summed E-state index contributed by atoms with van der Waals surface area (Å²) in [5.74, 6) is -0.777. The van der Waals surface area contributed by atoms with E-state index in [4.69, 9.17) is 0 Å². The van der Waals surface area contributed by atoms with Crippen LogP contribution in [-0.4, -0.2) is 135 Å². The third kappa shape index (κ3) is 10.8. The molecule has 5 heterocycles. The Hall–Kier alpha value is -6.17. The predicted octanol–water partition coefficient (Wildman–Crippen LogP) is 7.04. The maximum absolute atomic E-state index is 14.2. The lowest BCUT2D eigenvalue weighted by Gasteiger charge is -2.43. The largest absolute Gasteiger partial charge is 0.508 e. The number of phenols is 2. The van der Waals surface area contributed by atoms with E-state index in [0.717, 1.165) is 100 Å². The lowest BCUT2D eigenvalue weighted by atomic mass is 9.85. The number of aliphatic hydroxyl groups is 1. The van der Waals surface area contributed by atoms with Crippen molar-refractivity contribution in [1.29, 1.82) is 0 Å². The summed E-state index contributed by atoms with van der Waals surface area (Å²) < 4.78 is 0.812. The van der Waals surface area contributed by atoms with Crippen molar-refractivity contribution in [1.82, 2.24) is 30.3 Å². The van der Waals surface area contributed by atoms with Crippen LogP contribution in [0.3, 0.4) is 0 Å². The number of aliphatic hydroxyl groups excluding tert-OH is 1. The number of anilines is 1. The van der Waals surface area contributed by atoms with Gasteiger partial charge in [0.25, 0.3) is 0 Å². The molecule has 3 aliphatic rings. The highest BCUT2D eigenvalue weighted by Crippen LogP contribution is 2.42. The molecular formula is C54H61N7O7S2. The number of aromatic nitrogens is 1. The molecule has 3 amide bonds. The molecule has 1 unspecified atom stereocenters. The van der Waals surface area contributed by atoms with Gasteiger partial charge in [-0.25, -0.2) is 4.98 Å². The number of carbonyl (C=O) groups excluding carboxylic acids is 4. The number of rotatable bonds is 13. The van der Waals surface area contributed by atoms with Crippen LogP contribution in [0.4, 0.5) is 5.69 Å². The van der Waals surface area contributed by atoms with Crippen molar-refractivity contribution in [3.8, 4) is 32.4 Å². The fourth-order valence-electron chi connectivity index (χ4n) is 10.1. The summed E-state index contributed by atoms with van der Waals surface area (Å²) in [4.78, 5) is 70.3. The van der Waals surface area contributed by atoms with Gasteiger partial charge in [-0.05, 0) is 109 Å². The van der Waals surface area contributed by atoms with Gasteiger partial charge >= 0.3 is 0 Å². The van der Waals surface area contributed by atoms with E-state index in [-0.39, 0.29) is 61.1 Å². The number of amides is 3. The smallest absolute Gasteiger partial charge is 0.246 e. The number of β-amino-alcohol motifs (C(OH)–C–C–N with tert-alkyl or cyclic N) is 1. The van der Waals surface area contributed by atoms with Gasteiger partial charge in [-0.3, -0.25) is 29.0 Å². The molecule has 14 nitrogen and oxygen atoms in total. The monoisotopic (exact) mass is 983 g/mol. The van der Waals surface area contributed by atoms with Gasteiger partial charge in [-0.15, -0.1) is 22.7 Å². The standard InChI is InChI=1S/C54H61N7O7S2/c1-33-49(69-32-56-33)36-7-5-34(6-8-36)29-55-52(67)44-27-42(64)30-61(44)53(68)51(54(2,3)4)57-46(65)31-58-23-25-60(26-24-58)39-19-21-59(22-20-39)38-13-9-35(10-14-38)48(66)47-43-18-17-41(63)28-45(43)70-50(47)37-11-15-40(62)16-12-37/h5-18,28,32,39,42,44,51,62-64H,19-27,29-31H2,1-4H3,(H,55,67)(H,57,65)/t42-,44+,51?/m1/s1. The van der Waals surface area contributed by atoms with Crippen molar-refractivity contribution in [2.75, 3.05) is 57.3 Å². The molecule has 2 aromatic heterocycles. The molecular weight excluding hydrogens is 923 g/mol. The third-order valence-corrected chi connectivity index (χ3v) is 16.2. The number of nitrogens with one attached hydrogen (secondary N) is 2. The Morgan fingerprint density at radius 3 is 2.13 bits per heavy atom. The minimum Gasteiger partial charge on any atom is -0.508 e. The first-order valence-corrected chi connectivity index (χ1v) is 25.8. The summed E-state index contributed by atoms with van der Waals surface area (Å²) in [5.41, 5.74) is 7.16. The highest BCUT2D eigenvalue weighted by molar-refractivity contribution is 7.22. The molecule has 0 radical (unpaired) electrons. The van der Waals surface area contributed by atoms with Crippen molar-refractivity contribution in [2.24, 2.45) is 5.41 Å². The quantitative estimate of drug-likeness (QED) is 0.0751. The molecule has 0 bridgehead atoms. The van der Waals surface area contributed by atoms with Crippen molar-refractivity contribution in [2.45, 2.75) is 77.7 Å². The molecule has 0 spiro atoms. The van der Waals surface area contributed by atoms with Gasteiger partial charge in [-0.1, -0.05) is 45.0 Å². The van der Waals surface area contributed by atoms with Gasteiger partial charge < -0.3 is 35.8 Å². The van der Waals surface area contributed by atoms with E-state index in [2.05, 4.69) is 30.3 Å². The van der Waals surface area contributed by atoms with Crippen LogP contribution in [0.5, 0.6) is 11.5 Å². The van der Waals surface area contributed by atoms with Crippen LogP contribution >= 0.6 is 22.7 Å². The Labute approximate surface area is 416 Å². The zero-order valence-electron chi connectivity index (χ0n) is 40.1. The van der Waals surface area contributed by atoms with E-state index < -0.39 is 23.6 Å². The zero-order valence-corrected chi connectivity index (χ0v) is 41.7. The molecule has 16 heteroatoms. The SMILES string of the molecule is Cc1ncsc1-c1ccc(CNC(=O)[C@@H]2C[C@@H](O)CN2C(=O)C(NC(=O)CN2CCN(C3CCN(c4ccc(C(=O)c5c(-c6ccc(O)cc6)sc6cc(O)ccc56)cc4)CC3)CC2)C(C)(C)C)cc1. The molecule has 0 saturated carbocycles. The fourth-order valence-corrected chi connectivity index (χ4v) is 12.1. The van der Waals surface area contributed by atoms with E-state index in [1.54, 1.807) is 53.8 Å². The lowest BCUT2D eigenvalue weighted by Crippen LogP contribution is -2.59. The van der Waals surface area contributed by atoms with Crippen LogP contribution in [0.1, 0.15) is 67.2 Å². The van der Waals surface area contributed by atoms with E-state index >= 15 is 0 Å². The maximum Gasteiger partial charge on any atom is 0.246 e. The van der Waals surface area contributed by atoms with Crippen LogP contribution in [0.15, 0.2) is 96.5 Å². The number of fused-ring (bicyclic) bond motifs is 1. The van der Waals surface area contributed by atoms with Crippen molar-refractivity contribution in [3.05, 3.63) is 119 Å². The summed E-state index contributed by atoms with van der Waals surface area (Å²) in [6, 6.07) is 26.3. The van der Waals surface area contributed by atoms with Crippen molar-refractivity contribution in [3.63, 3.8) is 0 Å². The van der Waals surface area contributed by atoms with Crippen LogP contribution in [0.25, 0.3) is 31.0 Å². The van der Waals surface area contributed by atoms with E-state index in [9.17, 15) is 34.5 Å². The average molecular weight is 984 g/mol. The Balaban J connectivity index is 0.745. The molecule has 0 aliphatic carbocycles. The summed E-state index contributed by atoms with van der Waals surface area (Å²) >= 11 is 3.03. The summed E-state index contributed by atoms with van der Waals surface area (Å²) in [5, 5.41) is 37.5. The van der Waals surface area contributed by atoms with Gasteiger partial charge in [-0.2, -0.15) is 0 Å². The van der Waals surface area contributed by atoms with E-state index in [1.165, 1.54) is 16.2 Å². The second-order valence-electron chi connectivity index (χ2n) is 19.9. The van der Waals surface area contributed by atoms with Crippen molar-refractivity contribution >= 4 is 62.0 Å². The number of aryl methyl sites for hydroxylation is 1. The minimum atomic E-state index is -0.895. The Kier molecular flexibility index (Phi) is 14.4. The van der Waals surface area contributed by atoms with Crippen LogP contribution in [0.2, 0.25) is 0 Å². The summed E-state index contributed by atoms with van der Waals surface area (Å²) in [6.45, 7) is 13.0. The highest BCUT2D eigenvalue weighted by Gasteiger charge is 2.44. The molecule has 3 fully saturated rings. The predicted molar refractivity (Wildman–Crippen MR) is 275 cm³/mol. The van der Waals surface area contributed by atoms with Crippen LogP contribution in [-0.2, 0) is 20.9 Å². The van der Waals surface area contributed by atoms with Gasteiger partial charge in [0.2, 0.25) is 17.7 Å². The summed E-state index contributed by atoms with van der Waals surface area (Å²) in [7, 11) is 0. The zero-order chi connectivity index (χ0) is 49.3. The van der Waals surface area contributed by atoms with E-state index in [0.29, 0.717) is 17.2 Å². The van der Waals surface area contributed by atoms with E-state index in [1.807, 2.05) is 81.7 Å². The van der Waals surface area contributed by atoms with Gasteiger partial charge in [0.05, 0.1) is 28.7 Å². The molecule has 3 saturated heterocycles. The summed E-state index contributed by atoms with van der Waals surface area (Å²) in [6.07, 6.45) is 1.25. The number of aromatic hydroxyl groups is 2. The number of nitrogens with zero attached hydrogens (tertiary/aromatic N) is 5. The second-order valence-corrected chi connectivity index (χ2v) is 21.8. The first kappa shape index (κ1) is 48.8. The molecule has 3 aliphatic heterocycles. The number of piperidine rings is 1. The molecule has 70 heavy (non-hydrogen) atoms. The van der Waals surface area contributed by atoms with Crippen LogP contribution in [0, 0.1) is 12.3 Å². The molecule has 366 valence electrons. The number of carbonyl (C=O) groups is 4. The number of thiazole rings is 1. The minimum absolute atomic E-state index is 0.0164.